The summed E-state index contributed by atoms with van der Waals surface area (Å²) in [6.45, 7) is 4.72. The van der Waals surface area contributed by atoms with Crippen LogP contribution in [0.5, 0.6) is 0 Å². The zero-order valence-electron chi connectivity index (χ0n) is 9.46. The molecule has 88 valence electrons. The monoisotopic (exact) mass is 286 g/mol. The molecule has 0 saturated heterocycles. The van der Waals surface area contributed by atoms with Gasteiger partial charge < -0.3 is 5.11 Å². The largest absolute Gasteiger partial charge is 0.481 e. The second-order valence-corrected chi connectivity index (χ2v) is 5.22. The van der Waals surface area contributed by atoms with Crippen molar-refractivity contribution in [3.8, 4) is 0 Å². The lowest BCUT2D eigenvalue weighted by Gasteiger charge is -2.11. The number of carbonyl (C=O) groups is 1. The van der Waals surface area contributed by atoms with Crippen LogP contribution >= 0.6 is 15.9 Å². The van der Waals surface area contributed by atoms with Gasteiger partial charge in [-0.2, -0.15) is 5.10 Å². The summed E-state index contributed by atoms with van der Waals surface area (Å²) in [5.41, 5.74) is 1.42. The first kappa shape index (κ1) is 11.6. The van der Waals surface area contributed by atoms with Crippen LogP contribution in [0.2, 0.25) is 0 Å². The van der Waals surface area contributed by atoms with Crippen molar-refractivity contribution in [1.29, 1.82) is 0 Å². The van der Waals surface area contributed by atoms with Crippen LogP contribution in [0.15, 0.2) is 4.47 Å². The molecule has 0 unspecified atom stereocenters. The number of hydrogen-bond donors (Lipinski definition) is 1. The van der Waals surface area contributed by atoms with E-state index in [0.29, 0.717) is 6.42 Å². The maximum Gasteiger partial charge on any atom is 0.310 e. The number of aliphatic carboxylic acids is 1. The summed E-state index contributed by atoms with van der Waals surface area (Å²) in [5, 5.41) is 13.6. The molecule has 1 aromatic heterocycles. The molecule has 1 heterocycles. The van der Waals surface area contributed by atoms with E-state index >= 15 is 0 Å². The van der Waals surface area contributed by atoms with Crippen LogP contribution in [0.25, 0.3) is 0 Å². The maximum atomic E-state index is 11.2. The number of hydrogen-bond acceptors (Lipinski definition) is 2. The molecule has 1 aliphatic carbocycles. The Morgan fingerprint density at radius 2 is 2.25 bits per heavy atom. The van der Waals surface area contributed by atoms with Crippen molar-refractivity contribution >= 4 is 21.9 Å². The van der Waals surface area contributed by atoms with E-state index in [1.807, 2.05) is 18.5 Å². The van der Waals surface area contributed by atoms with Gasteiger partial charge in [-0.15, -0.1) is 0 Å². The fraction of sp³-hybridized carbons (Fsp3) is 0.636. The number of rotatable bonds is 4. The van der Waals surface area contributed by atoms with Crippen LogP contribution in [-0.4, -0.2) is 20.9 Å². The van der Waals surface area contributed by atoms with E-state index in [0.717, 1.165) is 35.2 Å². The molecule has 0 spiro atoms. The van der Waals surface area contributed by atoms with E-state index < -0.39 is 11.4 Å². The molecule has 1 aliphatic rings. The normalized spacial score (nSPS) is 17.4. The van der Waals surface area contributed by atoms with E-state index in [1.54, 1.807) is 0 Å². The minimum Gasteiger partial charge on any atom is -0.481 e. The quantitative estimate of drug-likeness (QED) is 0.925. The summed E-state index contributed by atoms with van der Waals surface area (Å²) in [7, 11) is 0. The number of carboxylic acids is 1. The first-order valence-electron chi connectivity index (χ1n) is 5.45. The first-order chi connectivity index (χ1) is 7.50. The molecule has 2 rings (SSSR count). The average molecular weight is 287 g/mol. The molecule has 1 aromatic rings. The lowest BCUT2D eigenvalue weighted by Crippen LogP contribution is -2.20. The molecule has 1 N–H and O–H groups in total. The molecule has 1 saturated carbocycles. The summed E-state index contributed by atoms with van der Waals surface area (Å²) in [4.78, 5) is 11.2. The van der Waals surface area contributed by atoms with Crippen LogP contribution in [0.4, 0.5) is 0 Å². The Hall–Kier alpha value is -0.840. The third-order valence-electron chi connectivity index (χ3n) is 3.27. The van der Waals surface area contributed by atoms with Crippen LogP contribution in [0.3, 0.4) is 0 Å². The molecule has 0 radical (unpaired) electrons. The van der Waals surface area contributed by atoms with Gasteiger partial charge in [0.05, 0.1) is 21.3 Å². The number of aryl methyl sites for hydroxylation is 2. The summed E-state index contributed by atoms with van der Waals surface area (Å²) in [6.07, 6.45) is 2.14. The molecular weight excluding hydrogens is 272 g/mol. The van der Waals surface area contributed by atoms with E-state index in [-0.39, 0.29) is 0 Å². The maximum absolute atomic E-state index is 11.2. The summed E-state index contributed by atoms with van der Waals surface area (Å²) >= 11 is 3.50. The van der Waals surface area contributed by atoms with Gasteiger partial charge in [0.25, 0.3) is 0 Å². The third kappa shape index (κ3) is 1.77. The summed E-state index contributed by atoms with van der Waals surface area (Å²) < 4.78 is 2.85. The highest BCUT2D eigenvalue weighted by Gasteiger charge is 2.51. The predicted octanol–water partition coefficient (Wildman–Crippen LogP) is 2.38. The SMILES string of the molecule is CCn1nc(C)c(Br)c1CC1(C(=O)O)CC1. The molecule has 0 amide bonds. The van der Waals surface area contributed by atoms with Crippen LogP contribution < -0.4 is 0 Å². The van der Waals surface area contributed by atoms with Gasteiger partial charge in [0.15, 0.2) is 0 Å². The highest BCUT2D eigenvalue weighted by molar-refractivity contribution is 9.10. The van der Waals surface area contributed by atoms with Crippen molar-refractivity contribution in [2.45, 2.75) is 39.7 Å². The van der Waals surface area contributed by atoms with Crippen LogP contribution in [0.1, 0.15) is 31.2 Å². The van der Waals surface area contributed by atoms with Crippen molar-refractivity contribution in [3.05, 3.63) is 15.9 Å². The molecule has 0 aromatic carbocycles. The minimum absolute atomic E-state index is 0.526. The van der Waals surface area contributed by atoms with Gasteiger partial charge in [-0.1, -0.05) is 0 Å². The van der Waals surface area contributed by atoms with E-state index in [9.17, 15) is 9.90 Å². The summed E-state index contributed by atoms with van der Waals surface area (Å²) in [5.74, 6) is -0.680. The number of carboxylic acid groups (broad SMARTS) is 1. The second-order valence-electron chi connectivity index (χ2n) is 4.42. The van der Waals surface area contributed by atoms with Crippen LogP contribution in [-0.2, 0) is 17.8 Å². The Morgan fingerprint density at radius 3 is 2.69 bits per heavy atom. The van der Waals surface area contributed by atoms with Gasteiger partial charge in [0.1, 0.15) is 0 Å². The molecule has 0 aliphatic heterocycles. The Bertz CT molecular complexity index is 435. The Morgan fingerprint density at radius 1 is 1.62 bits per heavy atom. The lowest BCUT2D eigenvalue weighted by molar-refractivity contribution is -0.143. The molecule has 1 fully saturated rings. The second kappa shape index (κ2) is 3.87. The van der Waals surface area contributed by atoms with Crippen LogP contribution in [0, 0.1) is 12.3 Å². The number of nitrogens with zero attached hydrogens (tertiary/aromatic N) is 2. The molecule has 4 nitrogen and oxygen atoms in total. The number of aromatic nitrogens is 2. The van der Waals surface area contributed by atoms with Crippen molar-refractivity contribution in [2.24, 2.45) is 5.41 Å². The fourth-order valence-electron chi connectivity index (χ4n) is 1.98. The Labute approximate surface area is 103 Å². The fourth-order valence-corrected chi connectivity index (χ4v) is 2.40. The minimum atomic E-state index is -0.680. The zero-order chi connectivity index (χ0) is 11.9. The molecule has 0 atom stereocenters. The highest BCUT2D eigenvalue weighted by Crippen LogP contribution is 2.49. The van der Waals surface area contributed by atoms with Gasteiger partial charge in [0.2, 0.25) is 0 Å². The highest BCUT2D eigenvalue weighted by atomic mass is 79.9. The van der Waals surface area contributed by atoms with Crippen molar-refractivity contribution in [3.63, 3.8) is 0 Å². The number of halogens is 1. The summed E-state index contributed by atoms with van der Waals surface area (Å²) in [6, 6.07) is 0. The average Bonchev–Trinajstić information content (AvgIpc) is 2.97. The Balaban J connectivity index is 2.31. The van der Waals surface area contributed by atoms with Gasteiger partial charge in [-0.25, -0.2) is 0 Å². The van der Waals surface area contributed by atoms with E-state index in [4.69, 9.17) is 0 Å². The zero-order valence-corrected chi connectivity index (χ0v) is 11.0. The van der Waals surface area contributed by atoms with Gasteiger partial charge in [-0.05, 0) is 42.6 Å². The molecule has 0 bridgehead atoms. The van der Waals surface area contributed by atoms with E-state index in [1.165, 1.54) is 0 Å². The molecule has 5 heteroatoms. The lowest BCUT2D eigenvalue weighted by atomic mass is 10.0. The Kier molecular flexibility index (Phi) is 2.82. The molecule has 16 heavy (non-hydrogen) atoms. The standard InChI is InChI=1S/C11H15BrN2O2/c1-3-14-8(9(12)7(2)13-14)6-11(4-5-11)10(15)16/h3-6H2,1-2H3,(H,15,16). The van der Waals surface area contributed by atoms with Crippen molar-refractivity contribution in [1.82, 2.24) is 9.78 Å². The smallest absolute Gasteiger partial charge is 0.310 e. The van der Waals surface area contributed by atoms with Gasteiger partial charge in [-0.3, -0.25) is 9.48 Å². The third-order valence-corrected chi connectivity index (χ3v) is 4.30. The van der Waals surface area contributed by atoms with Crippen molar-refractivity contribution < 1.29 is 9.90 Å². The molecular formula is C11H15BrN2O2. The van der Waals surface area contributed by atoms with Gasteiger partial charge >= 0.3 is 5.97 Å². The first-order valence-corrected chi connectivity index (χ1v) is 6.24. The van der Waals surface area contributed by atoms with Crippen molar-refractivity contribution in [2.75, 3.05) is 0 Å². The van der Waals surface area contributed by atoms with E-state index in [2.05, 4.69) is 21.0 Å². The van der Waals surface area contributed by atoms with Gasteiger partial charge in [0, 0.05) is 13.0 Å². The topological polar surface area (TPSA) is 55.1 Å². The predicted molar refractivity (Wildman–Crippen MR) is 63.3 cm³/mol.